The molecule has 0 saturated carbocycles. The molecule has 0 fully saturated rings. The van der Waals surface area contributed by atoms with Gasteiger partial charge in [-0.15, -0.1) is 34.0 Å². The molecule has 0 aliphatic carbocycles. The van der Waals surface area contributed by atoms with Gasteiger partial charge in [0.05, 0.1) is 21.1 Å². The molecule has 3 aromatic heterocycles. The Bertz CT molecular complexity index is 652. The van der Waals surface area contributed by atoms with Crippen molar-refractivity contribution in [3.63, 3.8) is 0 Å². The Morgan fingerprint density at radius 2 is 2.11 bits per heavy atom. The van der Waals surface area contributed by atoms with Crippen LogP contribution < -0.4 is 5.32 Å². The van der Waals surface area contributed by atoms with Crippen LogP contribution >= 0.6 is 34.0 Å². The van der Waals surface area contributed by atoms with Crippen LogP contribution in [0.3, 0.4) is 0 Å². The van der Waals surface area contributed by atoms with E-state index in [1.165, 1.54) is 4.88 Å². The lowest BCUT2D eigenvalue weighted by atomic mass is 10.3. The summed E-state index contributed by atoms with van der Waals surface area (Å²) in [7, 11) is 1.89. The summed E-state index contributed by atoms with van der Waals surface area (Å²) in [4.78, 5) is 11.6. The SMILES string of the molecule is CNc1nc(-c2sc(-c3cccs3)nc2C)cs1. The van der Waals surface area contributed by atoms with Crippen molar-refractivity contribution in [3.8, 4) is 20.5 Å². The molecule has 0 bridgehead atoms. The molecule has 0 radical (unpaired) electrons. The monoisotopic (exact) mass is 293 g/mol. The van der Waals surface area contributed by atoms with Crippen LogP contribution in [0.2, 0.25) is 0 Å². The molecule has 0 aliphatic heterocycles. The number of thiazole rings is 2. The van der Waals surface area contributed by atoms with Gasteiger partial charge in [-0.2, -0.15) is 0 Å². The molecule has 3 heterocycles. The third kappa shape index (κ3) is 2.07. The van der Waals surface area contributed by atoms with Gasteiger partial charge in [-0.05, 0) is 18.4 Å². The van der Waals surface area contributed by atoms with Crippen LogP contribution in [0.4, 0.5) is 5.13 Å². The number of aryl methyl sites for hydroxylation is 1. The minimum atomic E-state index is 0.940. The molecule has 0 aromatic carbocycles. The molecular weight excluding hydrogens is 282 g/mol. The number of nitrogens with one attached hydrogen (secondary N) is 1. The molecule has 0 spiro atoms. The maximum atomic E-state index is 4.64. The van der Waals surface area contributed by atoms with Gasteiger partial charge in [-0.3, -0.25) is 0 Å². The maximum absolute atomic E-state index is 4.64. The molecule has 0 atom stereocenters. The molecule has 6 heteroatoms. The van der Waals surface area contributed by atoms with Gasteiger partial charge < -0.3 is 5.32 Å². The van der Waals surface area contributed by atoms with Crippen LogP contribution in [0.25, 0.3) is 20.5 Å². The van der Waals surface area contributed by atoms with Gasteiger partial charge in [-0.25, -0.2) is 9.97 Å². The van der Waals surface area contributed by atoms with Crippen molar-refractivity contribution in [1.29, 1.82) is 0 Å². The summed E-state index contributed by atoms with van der Waals surface area (Å²) in [5.74, 6) is 0. The molecule has 0 amide bonds. The number of aromatic nitrogens is 2. The van der Waals surface area contributed by atoms with Gasteiger partial charge in [-0.1, -0.05) is 6.07 Å². The first-order valence-corrected chi connectivity index (χ1v) is 8.00. The van der Waals surface area contributed by atoms with Crippen molar-refractivity contribution >= 4 is 39.1 Å². The maximum Gasteiger partial charge on any atom is 0.182 e. The van der Waals surface area contributed by atoms with Crippen molar-refractivity contribution in [3.05, 3.63) is 28.6 Å². The second kappa shape index (κ2) is 4.79. The summed E-state index contributed by atoms with van der Waals surface area (Å²) in [6.07, 6.45) is 0. The first-order chi connectivity index (χ1) is 8.78. The number of rotatable bonds is 3. The van der Waals surface area contributed by atoms with E-state index in [9.17, 15) is 0 Å². The molecule has 0 saturated heterocycles. The third-order valence-corrected chi connectivity index (χ3v) is 5.56. The lowest BCUT2D eigenvalue weighted by molar-refractivity contribution is 1.26. The van der Waals surface area contributed by atoms with E-state index in [1.54, 1.807) is 34.0 Å². The van der Waals surface area contributed by atoms with Gasteiger partial charge in [0.1, 0.15) is 5.01 Å². The number of hydrogen-bond donors (Lipinski definition) is 1. The van der Waals surface area contributed by atoms with E-state index in [2.05, 4.69) is 38.2 Å². The first kappa shape index (κ1) is 11.8. The van der Waals surface area contributed by atoms with Crippen molar-refractivity contribution < 1.29 is 0 Å². The lowest BCUT2D eigenvalue weighted by Crippen LogP contribution is -1.85. The first-order valence-electron chi connectivity index (χ1n) is 5.43. The predicted octanol–water partition coefficient (Wildman–Crippen LogP) is 4.35. The van der Waals surface area contributed by atoms with Crippen molar-refractivity contribution in [2.24, 2.45) is 0 Å². The Balaban J connectivity index is 2.03. The largest absolute Gasteiger partial charge is 0.365 e. The second-order valence-corrected chi connectivity index (χ2v) is 6.50. The summed E-state index contributed by atoms with van der Waals surface area (Å²) in [5.41, 5.74) is 2.07. The van der Waals surface area contributed by atoms with Crippen LogP contribution in [0.15, 0.2) is 22.9 Å². The Kier molecular flexibility index (Phi) is 3.15. The normalized spacial score (nSPS) is 10.8. The van der Waals surface area contributed by atoms with E-state index in [-0.39, 0.29) is 0 Å². The zero-order valence-corrected chi connectivity index (χ0v) is 12.4. The highest BCUT2D eigenvalue weighted by molar-refractivity contribution is 7.23. The van der Waals surface area contributed by atoms with E-state index in [0.717, 1.165) is 26.4 Å². The van der Waals surface area contributed by atoms with Crippen LogP contribution in [0.1, 0.15) is 5.69 Å². The lowest BCUT2D eigenvalue weighted by Gasteiger charge is -1.91. The average molecular weight is 293 g/mol. The van der Waals surface area contributed by atoms with E-state index in [1.807, 2.05) is 14.0 Å². The zero-order valence-electron chi connectivity index (χ0n) is 9.93. The van der Waals surface area contributed by atoms with Crippen LogP contribution in [-0.4, -0.2) is 17.0 Å². The highest BCUT2D eigenvalue weighted by Crippen LogP contribution is 2.37. The molecule has 18 heavy (non-hydrogen) atoms. The summed E-state index contributed by atoms with van der Waals surface area (Å²) in [5, 5.41) is 9.24. The van der Waals surface area contributed by atoms with Crippen LogP contribution in [-0.2, 0) is 0 Å². The zero-order chi connectivity index (χ0) is 12.5. The molecule has 92 valence electrons. The van der Waals surface area contributed by atoms with E-state index in [0.29, 0.717) is 0 Å². The highest BCUT2D eigenvalue weighted by Gasteiger charge is 2.14. The smallest absolute Gasteiger partial charge is 0.182 e. The van der Waals surface area contributed by atoms with Gasteiger partial charge in [0.15, 0.2) is 5.13 Å². The average Bonchev–Trinajstić information content (AvgIpc) is 3.08. The minimum absolute atomic E-state index is 0.940. The number of anilines is 1. The fraction of sp³-hybridized carbons (Fsp3) is 0.167. The Morgan fingerprint density at radius 1 is 1.22 bits per heavy atom. The summed E-state index contributed by atoms with van der Waals surface area (Å²) < 4.78 is 0. The van der Waals surface area contributed by atoms with Crippen LogP contribution in [0.5, 0.6) is 0 Å². The summed E-state index contributed by atoms with van der Waals surface area (Å²) >= 11 is 5.05. The molecule has 3 aromatic rings. The third-order valence-electron chi connectivity index (χ3n) is 2.48. The summed E-state index contributed by atoms with van der Waals surface area (Å²) in [6.45, 7) is 2.04. The second-order valence-electron chi connectivity index (χ2n) is 3.70. The molecule has 0 unspecified atom stereocenters. The van der Waals surface area contributed by atoms with E-state index < -0.39 is 0 Å². The fourth-order valence-electron chi connectivity index (χ4n) is 1.63. The van der Waals surface area contributed by atoms with Crippen molar-refractivity contribution in [2.45, 2.75) is 6.92 Å². The Morgan fingerprint density at radius 3 is 2.78 bits per heavy atom. The van der Waals surface area contributed by atoms with Crippen molar-refractivity contribution in [2.75, 3.05) is 12.4 Å². The number of thiophene rings is 1. The van der Waals surface area contributed by atoms with Crippen LogP contribution in [0, 0.1) is 6.92 Å². The summed E-state index contributed by atoms with van der Waals surface area (Å²) in [6, 6.07) is 4.16. The van der Waals surface area contributed by atoms with Gasteiger partial charge in [0.25, 0.3) is 0 Å². The van der Waals surface area contributed by atoms with Gasteiger partial charge >= 0.3 is 0 Å². The molecule has 3 nitrogen and oxygen atoms in total. The van der Waals surface area contributed by atoms with E-state index in [4.69, 9.17) is 0 Å². The highest BCUT2D eigenvalue weighted by atomic mass is 32.1. The van der Waals surface area contributed by atoms with Gasteiger partial charge in [0, 0.05) is 12.4 Å². The number of nitrogens with zero attached hydrogens (tertiary/aromatic N) is 2. The minimum Gasteiger partial charge on any atom is -0.365 e. The quantitative estimate of drug-likeness (QED) is 0.780. The number of hydrogen-bond acceptors (Lipinski definition) is 6. The molecule has 0 aliphatic rings. The molecular formula is C12H11N3S3. The fourth-order valence-corrected chi connectivity index (χ4v) is 4.19. The van der Waals surface area contributed by atoms with Crippen molar-refractivity contribution in [1.82, 2.24) is 9.97 Å². The Labute approximate surface area is 117 Å². The molecule has 3 rings (SSSR count). The standard InChI is InChI=1S/C12H11N3S3/c1-7-10(8-6-17-12(13-2)15-8)18-11(14-7)9-4-3-5-16-9/h3-6H,1-2H3,(H,13,15). The predicted molar refractivity (Wildman–Crippen MR) is 80.8 cm³/mol. The Hall–Kier alpha value is -1.24. The van der Waals surface area contributed by atoms with E-state index >= 15 is 0 Å². The van der Waals surface area contributed by atoms with Gasteiger partial charge in [0.2, 0.25) is 0 Å². The molecule has 1 N–H and O–H groups in total. The topological polar surface area (TPSA) is 37.8 Å².